The molecule has 0 spiro atoms. The fourth-order valence-corrected chi connectivity index (χ4v) is 1.67. The molecular formula is C14H22FN3O2. The van der Waals surface area contributed by atoms with Crippen molar-refractivity contribution < 1.29 is 14.3 Å². The molecule has 0 radical (unpaired) electrons. The second-order valence-corrected chi connectivity index (χ2v) is 5.07. The van der Waals surface area contributed by atoms with Crippen molar-refractivity contribution in [1.82, 2.24) is 15.5 Å². The number of rotatable bonds is 6. The molecule has 0 heterocycles. The summed E-state index contributed by atoms with van der Waals surface area (Å²) in [6.45, 7) is 2.34. The number of aliphatic hydroxyl groups is 1. The lowest BCUT2D eigenvalue weighted by molar-refractivity contribution is 0.220. The van der Waals surface area contributed by atoms with Gasteiger partial charge in [0.05, 0.1) is 12.6 Å². The Bertz CT molecular complexity index is 452. The van der Waals surface area contributed by atoms with E-state index in [4.69, 9.17) is 5.11 Å². The summed E-state index contributed by atoms with van der Waals surface area (Å²) in [7, 11) is 3.75. The molecule has 20 heavy (non-hydrogen) atoms. The van der Waals surface area contributed by atoms with Crippen molar-refractivity contribution in [3.05, 3.63) is 35.1 Å². The van der Waals surface area contributed by atoms with Crippen LogP contribution >= 0.6 is 0 Å². The maximum atomic E-state index is 13.8. The highest BCUT2D eigenvalue weighted by atomic mass is 19.1. The third-order valence-electron chi connectivity index (χ3n) is 2.71. The first-order chi connectivity index (χ1) is 9.42. The standard InChI is InChI=1S/C14H22FN3O2/c1-10(9-19)17-14(20)16-7-11-4-5-12(8-18(2)3)13(15)6-11/h4-6,10,19H,7-9H2,1-3H3,(H2,16,17,20)/t10-/m0/s1. The molecule has 0 aliphatic heterocycles. The molecule has 0 fully saturated rings. The van der Waals surface area contributed by atoms with Gasteiger partial charge in [0.15, 0.2) is 0 Å². The fraction of sp³-hybridized carbons (Fsp3) is 0.500. The molecule has 1 rings (SSSR count). The first-order valence-electron chi connectivity index (χ1n) is 6.49. The van der Waals surface area contributed by atoms with Gasteiger partial charge in [0.1, 0.15) is 5.82 Å². The minimum atomic E-state index is -0.385. The number of nitrogens with one attached hydrogen (secondary N) is 2. The Hall–Kier alpha value is -1.66. The first kappa shape index (κ1) is 16.4. The van der Waals surface area contributed by atoms with Crippen LogP contribution in [-0.4, -0.2) is 42.8 Å². The molecule has 112 valence electrons. The molecule has 0 bridgehead atoms. The van der Waals surface area contributed by atoms with Crippen LogP contribution in [0.25, 0.3) is 0 Å². The van der Waals surface area contributed by atoms with Crippen molar-refractivity contribution >= 4 is 6.03 Å². The van der Waals surface area contributed by atoms with E-state index in [1.807, 2.05) is 19.0 Å². The zero-order chi connectivity index (χ0) is 15.1. The predicted molar refractivity (Wildman–Crippen MR) is 75.7 cm³/mol. The molecule has 0 aromatic heterocycles. The summed E-state index contributed by atoms with van der Waals surface area (Å²) in [5.74, 6) is -0.276. The van der Waals surface area contributed by atoms with Gasteiger partial charge in [0.2, 0.25) is 0 Å². The highest BCUT2D eigenvalue weighted by molar-refractivity contribution is 5.74. The van der Waals surface area contributed by atoms with Gasteiger partial charge in [-0.25, -0.2) is 9.18 Å². The van der Waals surface area contributed by atoms with Crippen LogP contribution in [0.15, 0.2) is 18.2 Å². The summed E-state index contributed by atoms with van der Waals surface area (Å²) < 4.78 is 13.8. The van der Waals surface area contributed by atoms with E-state index in [1.165, 1.54) is 6.07 Å². The van der Waals surface area contributed by atoms with Crippen LogP contribution in [0.4, 0.5) is 9.18 Å². The summed E-state index contributed by atoms with van der Waals surface area (Å²) in [6.07, 6.45) is 0. The highest BCUT2D eigenvalue weighted by Crippen LogP contribution is 2.11. The first-order valence-corrected chi connectivity index (χ1v) is 6.49. The van der Waals surface area contributed by atoms with Crippen molar-refractivity contribution in [1.29, 1.82) is 0 Å². The zero-order valence-corrected chi connectivity index (χ0v) is 12.1. The van der Waals surface area contributed by atoms with Crippen LogP contribution in [0.3, 0.4) is 0 Å². The van der Waals surface area contributed by atoms with Crippen LogP contribution in [0.5, 0.6) is 0 Å². The number of halogens is 1. The molecule has 6 heteroatoms. The van der Waals surface area contributed by atoms with E-state index in [0.29, 0.717) is 17.7 Å². The Morgan fingerprint density at radius 3 is 2.70 bits per heavy atom. The largest absolute Gasteiger partial charge is 0.394 e. The topological polar surface area (TPSA) is 64.6 Å². The molecule has 0 aliphatic carbocycles. The second kappa shape index (κ2) is 7.81. The molecule has 3 N–H and O–H groups in total. The van der Waals surface area contributed by atoms with Crippen LogP contribution in [0, 0.1) is 5.82 Å². The van der Waals surface area contributed by atoms with Gasteiger partial charge in [-0.1, -0.05) is 12.1 Å². The minimum Gasteiger partial charge on any atom is -0.394 e. The molecule has 0 saturated heterocycles. The average molecular weight is 283 g/mol. The van der Waals surface area contributed by atoms with E-state index in [0.717, 1.165) is 0 Å². The Labute approximate surface area is 118 Å². The van der Waals surface area contributed by atoms with Gasteiger partial charge < -0.3 is 20.6 Å². The van der Waals surface area contributed by atoms with E-state index in [2.05, 4.69) is 10.6 Å². The summed E-state index contributed by atoms with van der Waals surface area (Å²) in [5, 5.41) is 14.0. The zero-order valence-electron chi connectivity index (χ0n) is 12.1. The lowest BCUT2D eigenvalue weighted by atomic mass is 10.1. The molecule has 0 aliphatic rings. The van der Waals surface area contributed by atoms with Gasteiger partial charge in [-0.2, -0.15) is 0 Å². The van der Waals surface area contributed by atoms with E-state index in [-0.39, 0.29) is 31.0 Å². The van der Waals surface area contributed by atoms with Crippen LogP contribution in [0.2, 0.25) is 0 Å². The van der Waals surface area contributed by atoms with Crippen molar-refractivity contribution in [3.63, 3.8) is 0 Å². The SMILES string of the molecule is C[C@@H](CO)NC(=O)NCc1ccc(CN(C)C)c(F)c1. The van der Waals surface area contributed by atoms with Crippen LogP contribution < -0.4 is 10.6 Å². The molecule has 1 atom stereocenters. The lowest BCUT2D eigenvalue weighted by Crippen LogP contribution is -2.41. The van der Waals surface area contributed by atoms with Crippen LogP contribution in [0.1, 0.15) is 18.1 Å². The smallest absolute Gasteiger partial charge is 0.315 e. The van der Waals surface area contributed by atoms with Gasteiger partial charge in [0.25, 0.3) is 0 Å². The molecule has 0 unspecified atom stereocenters. The van der Waals surface area contributed by atoms with E-state index in [9.17, 15) is 9.18 Å². The van der Waals surface area contributed by atoms with Gasteiger partial charge >= 0.3 is 6.03 Å². The number of amides is 2. The van der Waals surface area contributed by atoms with E-state index >= 15 is 0 Å². The molecule has 1 aromatic carbocycles. The number of aliphatic hydroxyl groups excluding tert-OH is 1. The number of hydrogen-bond donors (Lipinski definition) is 3. The summed E-state index contributed by atoms with van der Waals surface area (Å²) in [4.78, 5) is 13.3. The van der Waals surface area contributed by atoms with E-state index in [1.54, 1.807) is 19.1 Å². The lowest BCUT2D eigenvalue weighted by Gasteiger charge is -2.13. The van der Waals surface area contributed by atoms with Crippen molar-refractivity contribution in [3.8, 4) is 0 Å². The fourth-order valence-electron chi connectivity index (χ4n) is 1.67. The van der Waals surface area contributed by atoms with Crippen molar-refractivity contribution in [2.45, 2.75) is 26.1 Å². The normalized spacial score (nSPS) is 12.3. The summed E-state index contributed by atoms with van der Waals surface area (Å²) >= 11 is 0. The Kier molecular flexibility index (Phi) is 6.41. The van der Waals surface area contributed by atoms with Gasteiger partial charge in [-0.3, -0.25) is 0 Å². The molecular weight excluding hydrogens is 261 g/mol. The Balaban J connectivity index is 2.53. The van der Waals surface area contributed by atoms with Gasteiger partial charge in [-0.05, 0) is 32.6 Å². The number of nitrogens with zero attached hydrogens (tertiary/aromatic N) is 1. The monoisotopic (exact) mass is 283 g/mol. The third kappa shape index (κ3) is 5.54. The highest BCUT2D eigenvalue weighted by Gasteiger charge is 2.07. The third-order valence-corrected chi connectivity index (χ3v) is 2.71. The summed E-state index contributed by atoms with van der Waals surface area (Å²) in [5.41, 5.74) is 1.31. The molecule has 2 amide bonds. The van der Waals surface area contributed by atoms with Crippen LogP contribution in [-0.2, 0) is 13.1 Å². The predicted octanol–water partition coefficient (Wildman–Crippen LogP) is 1.07. The quantitative estimate of drug-likeness (QED) is 0.731. The van der Waals surface area contributed by atoms with E-state index < -0.39 is 0 Å². The summed E-state index contributed by atoms with van der Waals surface area (Å²) in [6, 6.07) is 4.24. The number of benzene rings is 1. The maximum Gasteiger partial charge on any atom is 0.315 e. The van der Waals surface area contributed by atoms with Crippen molar-refractivity contribution in [2.24, 2.45) is 0 Å². The number of carbonyl (C=O) groups excluding carboxylic acids is 1. The number of carbonyl (C=O) groups is 1. The Morgan fingerprint density at radius 1 is 1.45 bits per heavy atom. The number of urea groups is 1. The average Bonchev–Trinajstić information content (AvgIpc) is 2.38. The molecule has 5 nitrogen and oxygen atoms in total. The molecule has 1 aromatic rings. The van der Waals surface area contributed by atoms with Gasteiger partial charge in [-0.15, -0.1) is 0 Å². The van der Waals surface area contributed by atoms with Gasteiger partial charge in [0, 0.05) is 18.7 Å². The molecule has 0 saturated carbocycles. The second-order valence-electron chi connectivity index (χ2n) is 5.07. The minimum absolute atomic E-state index is 0.124. The Morgan fingerprint density at radius 2 is 2.15 bits per heavy atom. The number of hydrogen-bond acceptors (Lipinski definition) is 3. The maximum absolute atomic E-state index is 13.8. The van der Waals surface area contributed by atoms with Crippen molar-refractivity contribution in [2.75, 3.05) is 20.7 Å².